The van der Waals surface area contributed by atoms with Crippen LogP contribution in [-0.2, 0) is 16.1 Å². The largest absolute Gasteiger partial charge is 0.497 e. The van der Waals surface area contributed by atoms with Crippen LogP contribution in [0.2, 0.25) is 0 Å². The Bertz CT molecular complexity index is 1270. The highest BCUT2D eigenvalue weighted by Crippen LogP contribution is 2.31. The van der Waals surface area contributed by atoms with Crippen LogP contribution in [0.4, 0.5) is 0 Å². The number of benzene rings is 2. The maximum atomic E-state index is 12.6. The van der Waals surface area contributed by atoms with E-state index in [9.17, 15) is 14.4 Å². The first-order chi connectivity index (χ1) is 17.0. The molecule has 182 valence electrons. The van der Waals surface area contributed by atoms with Crippen LogP contribution in [0.15, 0.2) is 40.9 Å². The first-order valence-electron chi connectivity index (χ1n) is 10.7. The minimum atomic E-state index is -0.701. The van der Waals surface area contributed by atoms with Crippen LogP contribution < -0.4 is 9.47 Å². The smallest absolute Gasteiger partial charge is 0.338 e. The minimum absolute atomic E-state index is 0.0722. The van der Waals surface area contributed by atoms with E-state index in [1.807, 2.05) is 0 Å². The Labute approximate surface area is 200 Å². The molecule has 2 amide bonds. The molecular formula is C24H23N3O8. The van der Waals surface area contributed by atoms with E-state index in [0.29, 0.717) is 30.1 Å². The molecule has 3 aromatic rings. The topological polar surface area (TPSA) is 130 Å². The van der Waals surface area contributed by atoms with Crippen LogP contribution in [0.5, 0.6) is 11.5 Å². The summed E-state index contributed by atoms with van der Waals surface area (Å²) in [6, 6.07) is 9.38. The average Bonchev–Trinajstić information content (AvgIpc) is 3.45. The second-order valence-corrected chi connectivity index (χ2v) is 7.52. The molecule has 2 aromatic carbocycles. The van der Waals surface area contributed by atoms with E-state index in [0.717, 1.165) is 4.90 Å². The van der Waals surface area contributed by atoms with Crippen LogP contribution in [-0.4, -0.2) is 67.3 Å². The van der Waals surface area contributed by atoms with Crippen molar-refractivity contribution in [3.8, 4) is 22.9 Å². The number of esters is 1. The van der Waals surface area contributed by atoms with Crippen molar-refractivity contribution < 1.29 is 37.9 Å². The van der Waals surface area contributed by atoms with Crippen LogP contribution in [0.25, 0.3) is 11.4 Å². The summed E-state index contributed by atoms with van der Waals surface area (Å²) in [6.07, 6.45) is 0.519. The molecular weight excluding hydrogens is 458 g/mol. The van der Waals surface area contributed by atoms with Crippen molar-refractivity contribution in [3.05, 3.63) is 59.0 Å². The number of fused-ring (bicyclic) bond motifs is 1. The molecule has 0 aliphatic carbocycles. The van der Waals surface area contributed by atoms with Gasteiger partial charge in [0.1, 0.15) is 11.5 Å². The fourth-order valence-corrected chi connectivity index (χ4v) is 3.60. The zero-order valence-corrected chi connectivity index (χ0v) is 19.4. The average molecular weight is 481 g/mol. The van der Waals surface area contributed by atoms with Gasteiger partial charge >= 0.3 is 5.97 Å². The van der Waals surface area contributed by atoms with E-state index < -0.39 is 17.8 Å². The van der Waals surface area contributed by atoms with Gasteiger partial charge in [-0.3, -0.25) is 14.5 Å². The molecule has 1 aromatic heterocycles. The number of hydrogen-bond acceptors (Lipinski definition) is 10. The lowest BCUT2D eigenvalue weighted by molar-refractivity contribution is 0.0429. The van der Waals surface area contributed by atoms with Crippen molar-refractivity contribution in [1.82, 2.24) is 15.0 Å². The van der Waals surface area contributed by atoms with Gasteiger partial charge in [-0.15, -0.1) is 0 Å². The molecule has 0 saturated carbocycles. The van der Waals surface area contributed by atoms with Gasteiger partial charge in [0.2, 0.25) is 5.82 Å². The highest BCUT2D eigenvalue weighted by Gasteiger charge is 2.35. The SMILES string of the molecule is COCCCN1C(=O)c2ccc(C(=O)OCc3nc(-c4ccc(OC)cc4OC)no3)cc2C1=O. The molecule has 0 fully saturated rings. The van der Waals surface area contributed by atoms with Crippen molar-refractivity contribution in [3.63, 3.8) is 0 Å². The molecule has 0 unspecified atom stereocenters. The van der Waals surface area contributed by atoms with Gasteiger partial charge in [-0.25, -0.2) is 4.79 Å². The first kappa shape index (κ1) is 23.9. The summed E-state index contributed by atoms with van der Waals surface area (Å²) in [7, 11) is 4.60. The summed E-state index contributed by atoms with van der Waals surface area (Å²) in [5.41, 5.74) is 1.11. The van der Waals surface area contributed by atoms with Gasteiger partial charge in [0, 0.05) is 26.3 Å². The predicted octanol–water partition coefficient (Wildman–Crippen LogP) is 2.74. The number of nitrogens with zero attached hydrogens (tertiary/aromatic N) is 3. The molecule has 1 aliphatic heterocycles. The molecule has 4 rings (SSSR count). The Morgan fingerprint density at radius 1 is 0.971 bits per heavy atom. The third-order valence-electron chi connectivity index (χ3n) is 5.38. The van der Waals surface area contributed by atoms with Crippen molar-refractivity contribution >= 4 is 17.8 Å². The van der Waals surface area contributed by atoms with Crippen molar-refractivity contribution in [2.24, 2.45) is 0 Å². The molecule has 1 aliphatic rings. The molecule has 2 heterocycles. The summed E-state index contributed by atoms with van der Waals surface area (Å²) in [4.78, 5) is 43.1. The number of carbonyl (C=O) groups excluding carboxylic acids is 3. The number of imide groups is 1. The second kappa shape index (κ2) is 10.3. The van der Waals surface area contributed by atoms with Crippen molar-refractivity contribution in [2.75, 3.05) is 34.5 Å². The molecule has 0 atom stereocenters. The molecule has 35 heavy (non-hydrogen) atoms. The zero-order chi connectivity index (χ0) is 24.9. The van der Waals surface area contributed by atoms with Crippen molar-refractivity contribution in [1.29, 1.82) is 0 Å². The Kier molecular flexibility index (Phi) is 7.06. The fourth-order valence-electron chi connectivity index (χ4n) is 3.60. The standard InChI is InChI=1S/C24H23N3O8/c1-31-10-4-9-27-22(28)16-7-5-14(11-18(16)23(27)29)24(30)34-13-20-25-21(26-35-20)17-8-6-15(32-2)12-19(17)33-3/h5-8,11-12H,4,9-10,13H2,1-3H3. The highest BCUT2D eigenvalue weighted by molar-refractivity contribution is 6.21. The number of methoxy groups -OCH3 is 3. The molecule has 0 spiro atoms. The Morgan fingerprint density at radius 3 is 2.49 bits per heavy atom. The molecule has 0 saturated heterocycles. The van der Waals surface area contributed by atoms with E-state index >= 15 is 0 Å². The molecule has 11 nitrogen and oxygen atoms in total. The van der Waals surface area contributed by atoms with Crippen LogP contribution in [0.3, 0.4) is 0 Å². The van der Waals surface area contributed by atoms with E-state index in [2.05, 4.69) is 10.1 Å². The lowest BCUT2D eigenvalue weighted by atomic mass is 10.1. The molecule has 11 heteroatoms. The van der Waals surface area contributed by atoms with Crippen molar-refractivity contribution in [2.45, 2.75) is 13.0 Å². The first-order valence-corrected chi connectivity index (χ1v) is 10.7. The van der Waals surface area contributed by atoms with Crippen LogP contribution >= 0.6 is 0 Å². The van der Waals surface area contributed by atoms with Gasteiger partial charge in [0.05, 0.1) is 36.5 Å². The zero-order valence-electron chi connectivity index (χ0n) is 19.4. The van der Waals surface area contributed by atoms with Gasteiger partial charge in [0.15, 0.2) is 6.61 Å². The maximum Gasteiger partial charge on any atom is 0.338 e. The van der Waals surface area contributed by atoms with Gasteiger partial charge in [-0.2, -0.15) is 4.98 Å². The number of hydrogen-bond donors (Lipinski definition) is 0. The summed E-state index contributed by atoms with van der Waals surface area (Å²) in [6.45, 7) is 0.378. The van der Waals surface area contributed by atoms with E-state index in [-0.39, 0.29) is 41.6 Å². The third kappa shape index (κ3) is 4.85. The minimum Gasteiger partial charge on any atom is -0.497 e. The van der Waals surface area contributed by atoms with Crippen LogP contribution in [0, 0.1) is 0 Å². The van der Waals surface area contributed by atoms with Gasteiger partial charge in [0.25, 0.3) is 17.7 Å². The Balaban J connectivity index is 1.42. The van der Waals surface area contributed by atoms with Gasteiger partial charge < -0.3 is 23.5 Å². The third-order valence-corrected chi connectivity index (χ3v) is 5.38. The van der Waals surface area contributed by atoms with E-state index in [4.69, 9.17) is 23.5 Å². The van der Waals surface area contributed by atoms with Crippen LogP contribution in [0.1, 0.15) is 43.4 Å². The maximum absolute atomic E-state index is 12.6. The monoisotopic (exact) mass is 481 g/mol. The fraction of sp³-hybridized carbons (Fsp3) is 0.292. The lowest BCUT2D eigenvalue weighted by Crippen LogP contribution is -2.31. The molecule has 0 radical (unpaired) electrons. The van der Waals surface area contributed by atoms with Gasteiger partial charge in [-0.1, -0.05) is 5.16 Å². The Hall–Kier alpha value is -4.25. The van der Waals surface area contributed by atoms with E-state index in [1.165, 1.54) is 25.3 Å². The summed E-state index contributed by atoms with van der Waals surface area (Å²) in [5.74, 6) is -0.126. The second-order valence-electron chi connectivity index (χ2n) is 7.52. The van der Waals surface area contributed by atoms with Gasteiger partial charge in [-0.05, 0) is 36.8 Å². The quantitative estimate of drug-likeness (QED) is 0.242. The Morgan fingerprint density at radius 2 is 1.74 bits per heavy atom. The number of amides is 2. The number of aromatic nitrogens is 2. The summed E-state index contributed by atoms with van der Waals surface area (Å²) >= 11 is 0. The highest BCUT2D eigenvalue weighted by atomic mass is 16.6. The number of carbonyl (C=O) groups is 3. The number of rotatable bonds is 10. The summed E-state index contributed by atoms with van der Waals surface area (Å²) < 4.78 is 26.0. The normalized spacial score (nSPS) is 12.6. The summed E-state index contributed by atoms with van der Waals surface area (Å²) in [5, 5.41) is 3.91. The molecule has 0 bridgehead atoms. The van der Waals surface area contributed by atoms with E-state index in [1.54, 1.807) is 32.4 Å². The predicted molar refractivity (Wildman–Crippen MR) is 120 cm³/mol. The number of ether oxygens (including phenoxy) is 4. The lowest BCUT2D eigenvalue weighted by Gasteiger charge is -2.12. The molecule has 0 N–H and O–H groups in total.